The first-order chi connectivity index (χ1) is 6.06. The highest BCUT2D eigenvalue weighted by molar-refractivity contribution is 5.47. The largest absolute Gasteiger partial charge is 0.398 e. The van der Waals surface area contributed by atoms with Crippen molar-refractivity contribution in [3.63, 3.8) is 0 Å². The lowest BCUT2D eigenvalue weighted by molar-refractivity contribution is 0.146. The van der Waals surface area contributed by atoms with Crippen LogP contribution in [0.5, 0.6) is 0 Å². The van der Waals surface area contributed by atoms with E-state index in [1.165, 1.54) is 0 Å². The molecule has 0 fully saturated rings. The van der Waals surface area contributed by atoms with Crippen molar-refractivity contribution >= 4 is 5.69 Å². The molecule has 1 aromatic heterocycles. The molecule has 0 aliphatic rings. The van der Waals surface area contributed by atoms with E-state index in [9.17, 15) is 13.2 Å². The predicted octanol–water partition coefficient (Wildman–Crippen LogP) is 1.20. The normalized spacial score (nSPS) is 10.8. The molecule has 0 radical (unpaired) electrons. The maximum atomic E-state index is 12.8. The smallest absolute Gasteiger partial charge is 0.270 e. The number of alkyl halides is 2. The molecule has 1 aromatic rings. The van der Waals surface area contributed by atoms with Crippen LogP contribution in [0.3, 0.4) is 0 Å². The lowest BCUT2D eigenvalue weighted by Gasteiger charge is -2.06. The number of anilines is 1. The number of hydrogen-bond donors (Lipinski definition) is 2. The van der Waals surface area contributed by atoms with Crippen LogP contribution < -0.4 is 11.5 Å². The van der Waals surface area contributed by atoms with Gasteiger partial charge in [0.1, 0.15) is 0 Å². The van der Waals surface area contributed by atoms with Gasteiger partial charge < -0.3 is 11.5 Å². The van der Waals surface area contributed by atoms with Crippen LogP contribution in [0.2, 0.25) is 0 Å². The summed E-state index contributed by atoms with van der Waals surface area (Å²) in [6, 6.07) is 1.14. The Kier molecular flexibility index (Phi) is 2.72. The van der Waals surface area contributed by atoms with Gasteiger partial charge >= 0.3 is 0 Å². The van der Waals surface area contributed by atoms with E-state index in [1.807, 2.05) is 0 Å². The number of nitrogens with two attached hydrogens (primary N) is 2. The first-order valence-electron chi connectivity index (χ1n) is 3.49. The molecule has 6 heteroatoms. The molecule has 0 aliphatic carbocycles. The van der Waals surface area contributed by atoms with Gasteiger partial charge in [-0.3, -0.25) is 0 Å². The molecule has 3 nitrogen and oxygen atoms in total. The third-order valence-corrected chi connectivity index (χ3v) is 1.52. The van der Waals surface area contributed by atoms with Gasteiger partial charge in [-0.05, 0) is 6.07 Å². The molecule has 0 spiro atoms. The molecule has 0 aliphatic heterocycles. The summed E-state index contributed by atoms with van der Waals surface area (Å²) in [5.74, 6) is -1.25. The van der Waals surface area contributed by atoms with E-state index in [-0.39, 0.29) is 17.9 Å². The van der Waals surface area contributed by atoms with Crippen LogP contribution in [-0.2, 0) is 6.54 Å². The fourth-order valence-corrected chi connectivity index (χ4v) is 0.916. The predicted molar refractivity (Wildman–Crippen MR) is 41.5 cm³/mol. The molecule has 0 bridgehead atoms. The average molecular weight is 191 g/mol. The van der Waals surface area contributed by atoms with Crippen molar-refractivity contribution < 1.29 is 13.2 Å². The first-order valence-corrected chi connectivity index (χ1v) is 3.49. The van der Waals surface area contributed by atoms with Gasteiger partial charge in [-0.2, -0.15) is 4.39 Å². The van der Waals surface area contributed by atoms with Crippen molar-refractivity contribution in [3.05, 3.63) is 23.3 Å². The molecular formula is C7H8F3N3. The minimum atomic E-state index is -2.96. The Morgan fingerprint density at radius 3 is 2.46 bits per heavy atom. The number of nitrogen functional groups attached to an aromatic ring is 1. The van der Waals surface area contributed by atoms with E-state index < -0.39 is 17.9 Å². The highest BCUT2D eigenvalue weighted by atomic mass is 19.3. The van der Waals surface area contributed by atoms with Crippen LogP contribution in [0.1, 0.15) is 17.7 Å². The van der Waals surface area contributed by atoms with E-state index in [4.69, 9.17) is 11.5 Å². The topological polar surface area (TPSA) is 64.9 Å². The van der Waals surface area contributed by atoms with E-state index in [0.29, 0.717) is 0 Å². The van der Waals surface area contributed by atoms with Gasteiger partial charge in [0.25, 0.3) is 6.43 Å². The summed E-state index contributed by atoms with van der Waals surface area (Å²) in [7, 11) is 0. The fourth-order valence-electron chi connectivity index (χ4n) is 0.916. The average Bonchev–Trinajstić information content (AvgIpc) is 2.02. The summed E-state index contributed by atoms with van der Waals surface area (Å²) in [5.41, 5.74) is 9.30. The van der Waals surface area contributed by atoms with Crippen LogP contribution in [-0.4, -0.2) is 4.98 Å². The molecule has 4 N–H and O–H groups in total. The van der Waals surface area contributed by atoms with Gasteiger partial charge in [-0.1, -0.05) is 0 Å². The Labute approximate surface area is 72.6 Å². The zero-order valence-corrected chi connectivity index (χ0v) is 6.60. The van der Waals surface area contributed by atoms with E-state index >= 15 is 0 Å². The highest BCUT2D eigenvalue weighted by Crippen LogP contribution is 2.27. The van der Waals surface area contributed by atoms with E-state index in [1.54, 1.807) is 0 Å². The number of pyridine rings is 1. The van der Waals surface area contributed by atoms with E-state index in [2.05, 4.69) is 4.98 Å². The quantitative estimate of drug-likeness (QED) is 0.690. The first kappa shape index (κ1) is 9.79. The van der Waals surface area contributed by atoms with Crippen molar-refractivity contribution in [2.24, 2.45) is 5.73 Å². The molecule has 0 unspecified atom stereocenters. The van der Waals surface area contributed by atoms with Crippen LogP contribution in [0.4, 0.5) is 18.9 Å². The Morgan fingerprint density at radius 2 is 2.08 bits per heavy atom. The van der Waals surface area contributed by atoms with Gasteiger partial charge in [-0.25, -0.2) is 13.8 Å². The maximum absolute atomic E-state index is 12.8. The summed E-state index contributed by atoms with van der Waals surface area (Å²) in [6.45, 7) is -0.0371. The summed E-state index contributed by atoms with van der Waals surface area (Å²) in [4.78, 5) is 3.22. The lowest BCUT2D eigenvalue weighted by Crippen LogP contribution is -2.07. The Balaban J connectivity index is 3.23. The van der Waals surface area contributed by atoms with Crippen molar-refractivity contribution in [1.29, 1.82) is 0 Å². The summed E-state index contributed by atoms with van der Waals surface area (Å²) in [5, 5.41) is 0. The Bertz CT molecular complexity index is 291. The number of nitrogens with zero attached hydrogens (tertiary/aromatic N) is 1. The van der Waals surface area contributed by atoms with Gasteiger partial charge in [0.05, 0.1) is 11.3 Å². The van der Waals surface area contributed by atoms with Gasteiger partial charge in [0.2, 0.25) is 5.95 Å². The van der Waals surface area contributed by atoms with Gasteiger partial charge in [0, 0.05) is 12.2 Å². The van der Waals surface area contributed by atoms with Crippen LogP contribution in [0, 0.1) is 5.95 Å². The molecule has 1 rings (SSSR count). The molecule has 0 atom stereocenters. The molecular weight excluding hydrogens is 183 g/mol. The molecule has 0 saturated heterocycles. The summed E-state index contributed by atoms with van der Waals surface area (Å²) in [6.07, 6.45) is -2.96. The van der Waals surface area contributed by atoms with Crippen molar-refractivity contribution in [2.75, 3.05) is 5.73 Å². The van der Waals surface area contributed by atoms with Crippen molar-refractivity contribution in [2.45, 2.75) is 13.0 Å². The van der Waals surface area contributed by atoms with E-state index in [0.717, 1.165) is 6.07 Å². The Hall–Kier alpha value is -1.30. The third kappa shape index (κ3) is 1.89. The number of halogens is 3. The molecule has 13 heavy (non-hydrogen) atoms. The molecule has 1 heterocycles. The fraction of sp³-hybridized carbons (Fsp3) is 0.286. The second-order valence-corrected chi connectivity index (χ2v) is 2.41. The zero-order chi connectivity index (χ0) is 10.0. The number of hydrogen-bond acceptors (Lipinski definition) is 3. The molecule has 0 aromatic carbocycles. The van der Waals surface area contributed by atoms with Crippen molar-refractivity contribution in [1.82, 2.24) is 4.98 Å². The minimum Gasteiger partial charge on any atom is -0.398 e. The van der Waals surface area contributed by atoms with Crippen LogP contribution in [0.25, 0.3) is 0 Å². The van der Waals surface area contributed by atoms with Gasteiger partial charge in [0.15, 0.2) is 0 Å². The molecule has 0 amide bonds. The molecule has 72 valence electrons. The zero-order valence-electron chi connectivity index (χ0n) is 6.60. The summed E-state index contributed by atoms with van der Waals surface area (Å²) < 4.78 is 37.1. The Morgan fingerprint density at radius 1 is 1.46 bits per heavy atom. The lowest BCUT2D eigenvalue weighted by atomic mass is 10.2. The minimum absolute atomic E-state index is 0.0371. The maximum Gasteiger partial charge on any atom is 0.270 e. The third-order valence-electron chi connectivity index (χ3n) is 1.52. The SMILES string of the molecule is NCc1cc(N)c(C(F)F)c(F)n1. The second kappa shape index (κ2) is 3.61. The molecule has 0 saturated carbocycles. The summed E-state index contributed by atoms with van der Waals surface area (Å²) >= 11 is 0. The second-order valence-electron chi connectivity index (χ2n) is 2.41. The highest BCUT2D eigenvalue weighted by Gasteiger charge is 2.18. The monoisotopic (exact) mass is 191 g/mol. The number of rotatable bonds is 2. The number of aromatic nitrogens is 1. The van der Waals surface area contributed by atoms with Crippen LogP contribution in [0.15, 0.2) is 6.07 Å². The standard InChI is InChI=1S/C7H8F3N3/c8-6(9)5-4(12)1-3(2-11)13-7(5)10/h1,6H,2,11H2,(H2,12,13). The van der Waals surface area contributed by atoms with Crippen LogP contribution >= 0.6 is 0 Å². The van der Waals surface area contributed by atoms with Gasteiger partial charge in [-0.15, -0.1) is 0 Å². The van der Waals surface area contributed by atoms with Crippen molar-refractivity contribution in [3.8, 4) is 0 Å².